The summed E-state index contributed by atoms with van der Waals surface area (Å²) in [5, 5.41) is 2.02. The third-order valence-corrected chi connectivity index (χ3v) is 8.10. The van der Waals surface area contributed by atoms with E-state index < -0.39 is 21.8 Å². The molecule has 1 amide bonds. The van der Waals surface area contributed by atoms with Crippen molar-refractivity contribution in [3.63, 3.8) is 0 Å². The summed E-state index contributed by atoms with van der Waals surface area (Å²) in [7, 11) is -4.00. The first kappa shape index (κ1) is 21.4. The summed E-state index contributed by atoms with van der Waals surface area (Å²) in [4.78, 5) is 14.1. The topological polar surface area (TPSA) is 54.5 Å². The molecule has 0 fully saturated rings. The van der Waals surface area contributed by atoms with Gasteiger partial charge in [-0.1, -0.05) is 83.4 Å². The Kier molecular flexibility index (Phi) is 5.09. The van der Waals surface area contributed by atoms with Crippen molar-refractivity contribution in [3.05, 3.63) is 112 Å². The first-order valence-electron chi connectivity index (χ1n) is 11.0. The summed E-state index contributed by atoms with van der Waals surface area (Å²) < 4.78 is 28.2. The standard InChI is InChI=1S/C28H25NO3S/c1-18-8-12-24(13-9-18)33(31,32)29-17-22-11-10-21-6-4-5-7-25(21)26(22)27(28(29)30)23-15-19(2)14-20(3)16-23/h4-16,27H,17H2,1-3H3. The van der Waals surface area contributed by atoms with Crippen molar-refractivity contribution in [2.45, 2.75) is 38.1 Å². The van der Waals surface area contributed by atoms with Gasteiger partial charge in [-0.05, 0) is 60.4 Å². The Balaban J connectivity index is 1.75. The highest BCUT2D eigenvalue weighted by Crippen LogP contribution is 2.41. The van der Waals surface area contributed by atoms with E-state index in [1.807, 2.05) is 69.3 Å². The molecule has 5 rings (SSSR count). The van der Waals surface area contributed by atoms with Gasteiger partial charge in [-0.3, -0.25) is 4.79 Å². The Morgan fingerprint density at radius 1 is 0.788 bits per heavy atom. The SMILES string of the molecule is Cc1ccc(S(=O)(=O)N2Cc3ccc4ccccc4c3C(c3cc(C)cc(C)c3)C2=O)cc1. The number of aryl methyl sites for hydroxylation is 3. The van der Waals surface area contributed by atoms with Crippen molar-refractivity contribution in [1.29, 1.82) is 0 Å². The Morgan fingerprint density at radius 3 is 2.15 bits per heavy atom. The van der Waals surface area contributed by atoms with Crippen molar-refractivity contribution >= 4 is 26.7 Å². The van der Waals surface area contributed by atoms with Crippen LogP contribution in [0.25, 0.3) is 10.8 Å². The van der Waals surface area contributed by atoms with E-state index in [2.05, 4.69) is 6.07 Å². The maximum Gasteiger partial charge on any atom is 0.266 e. The molecule has 0 N–H and O–H groups in total. The van der Waals surface area contributed by atoms with Gasteiger partial charge in [-0.25, -0.2) is 12.7 Å². The molecule has 0 radical (unpaired) electrons. The highest BCUT2D eigenvalue weighted by Gasteiger charge is 2.41. The third-order valence-electron chi connectivity index (χ3n) is 6.34. The van der Waals surface area contributed by atoms with Crippen molar-refractivity contribution in [2.24, 2.45) is 0 Å². The van der Waals surface area contributed by atoms with Gasteiger partial charge >= 0.3 is 0 Å². The van der Waals surface area contributed by atoms with E-state index in [-0.39, 0.29) is 11.4 Å². The van der Waals surface area contributed by atoms with E-state index in [4.69, 9.17) is 0 Å². The van der Waals surface area contributed by atoms with Crippen LogP contribution in [-0.2, 0) is 21.4 Å². The van der Waals surface area contributed by atoms with Crippen LogP contribution in [0, 0.1) is 20.8 Å². The van der Waals surface area contributed by atoms with E-state index in [1.165, 1.54) is 0 Å². The van der Waals surface area contributed by atoms with Crippen LogP contribution in [-0.4, -0.2) is 18.6 Å². The van der Waals surface area contributed by atoms with Gasteiger partial charge in [0.05, 0.1) is 17.4 Å². The highest BCUT2D eigenvalue weighted by atomic mass is 32.2. The Hall–Kier alpha value is -3.44. The van der Waals surface area contributed by atoms with E-state index in [0.29, 0.717) is 0 Å². The van der Waals surface area contributed by atoms with Gasteiger partial charge in [-0.15, -0.1) is 0 Å². The van der Waals surface area contributed by atoms with E-state index in [9.17, 15) is 13.2 Å². The molecule has 166 valence electrons. The zero-order chi connectivity index (χ0) is 23.3. The minimum atomic E-state index is -4.00. The number of sulfonamides is 1. The summed E-state index contributed by atoms with van der Waals surface area (Å²) in [5.41, 5.74) is 5.62. The van der Waals surface area contributed by atoms with Crippen molar-refractivity contribution in [1.82, 2.24) is 4.31 Å². The molecule has 1 aliphatic rings. The Bertz CT molecular complexity index is 1480. The van der Waals surface area contributed by atoms with Crippen LogP contribution in [0.15, 0.2) is 83.8 Å². The summed E-state index contributed by atoms with van der Waals surface area (Å²) >= 11 is 0. The average Bonchev–Trinajstić information content (AvgIpc) is 2.78. The molecule has 4 nitrogen and oxygen atoms in total. The maximum atomic E-state index is 14.0. The molecule has 5 heteroatoms. The van der Waals surface area contributed by atoms with Gasteiger partial charge in [-0.2, -0.15) is 0 Å². The minimum absolute atomic E-state index is 0.0243. The molecule has 0 bridgehead atoms. The Labute approximate surface area is 194 Å². The third kappa shape index (κ3) is 3.62. The summed E-state index contributed by atoms with van der Waals surface area (Å²) in [6, 6.07) is 24.6. The minimum Gasteiger partial charge on any atom is -0.273 e. The number of carbonyl (C=O) groups excluding carboxylic acids is 1. The molecule has 0 aromatic heterocycles. The van der Waals surface area contributed by atoms with Crippen LogP contribution in [0.3, 0.4) is 0 Å². The van der Waals surface area contributed by atoms with Gasteiger partial charge in [0.1, 0.15) is 0 Å². The van der Waals surface area contributed by atoms with E-state index in [1.54, 1.807) is 24.3 Å². The van der Waals surface area contributed by atoms with Crippen molar-refractivity contribution in [2.75, 3.05) is 0 Å². The second kappa shape index (κ2) is 7.85. The normalized spacial score (nSPS) is 16.2. The van der Waals surface area contributed by atoms with Gasteiger partial charge < -0.3 is 0 Å². The molecular formula is C28H25NO3S. The predicted octanol–water partition coefficient (Wildman–Crippen LogP) is 5.63. The average molecular weight is 456 g/mol. The molecule has 0 aliphatic carbocycles. The van der Waals surface area contributed by atoms with Crippen LogP contribution in [0.5, 0.6) is 0 Å². The molecule has 1 unspecified atom stereocenters. The van der Waals surface area contributed by atoms with Crippen molar-refractivity contribution < 1.29 is 13.2 Å². The summed E-state index contributed by atoms with van der Waals surface area (Å²) in [6.07, 6.45) is 0. The van der Waals surface area contributed by atoms with Crippen LogP contribution < -0.4 is 0 Å². The predicted molar refractivity (Wildman–Crippen MR) is 131 cm³/mol. The number of amides is 1. The van der Waals surface area contributed by atoms with E-state index in [0.717, 1.165) is 48.5 Å². The van der Waals surface area contributed by atoms with E-state index >= 15 is 0 Å². The van der Waals surface area contributed by atoms with Crippen LogP contribution in [0.1, 0.15) is 39.3 Å². The molecule has 4 aromatic rings. The first-order valence-corrected chi connectivity index (χ1v) is 12.4. The molecule has 0 saturated heterocycles. The number of benzene rings is 4. The zero-order valence-electron chi connectivity index (χ0n) is 18.9. The fourth-order valence-electron chi connectivity index (χ4n) is 4.85. The molecule has 0 saturated carbocycles. The highest BCUT2D eigenvalue weighted by molar-refractivity contribution is 7.89. The zero-order valence-corrected chi connectivity index (χ0v) is 19.7. The molecule has 4 aromatic carbocycles. The summed E-state index contributed by atoms with van der Waals surface area (Å²) in [5.74, 6) is -1.11. The number of hydrogen-bond acceptors (Lipinski definition) is 3. The number of nitrogens with zero attached hydrogens (tertiary/aromatic N) is 1. The lowest BCUT2D eigenvalue weighted by Crippen LogP contribution is -2.43. The molecule has 1 atom stereocenters. The van der Waals surface area contributed by atoms with Gasteiger partial charge in [0.15, 0.2) is 0 Å². The molecular weight excluding hydrogens is 430 g/mol. The van der Waals surface area contributed by atoms with Gasteiger partial charge in [0, 0.05) is 0 Å². The lowest BCUT2D eigenvalue weighted by Gasteiger charge is -2.35. The first-order chi connectivity index (χ1) is 15.8. The second-order valence-electron chi connectivity index (χ2n) is 8.88. The largest absolute Gasteiger partial charge is 0.273 e. The fourth-order valence-corrected chi connectivity index (χ4v) is 6.23. The second-order valence-corrected chi connectivity index (χ2v) is 10.7. The number of fused-ring (bicyclic) bond motifs is 3. The van der Waals surface area contributed by atoms with Crippen molar-refractivity contribution in [3.8, 4) is 0 Å². The maximum absolute atomic E-state index is 14.0. The monoisotopic (exact) mass is 455 g/mol. The lowest BCUT2D eigenvalue weighted by atomic mass is 9.81. The smallest absolute Gasteiger partial charge is 0.266 e. The molecule has 1 aliphatic heterocycles. The van der Waals surface area contributed by atoms with Gasteiger partial charge in [0.25, 0.3) is 10.0 Å². The number of carbonyl (C=O) groups is 1. The van der Waals surface area contributed by atoms with Crippen LogP contribution in [0.4, 0.5) is 0 Å². The quantitative estimate of drug-likeness (QED) is 0.402. The van der Waals surface area contributed by atoms with Gasteiger partial charge in [0.2, 0.25) is 5.91 Å². The summed E-state index contributed by atoms with van der Waals surface area (Å²) in [6.45, 7) is 5.92. The lowest BCUT2D eigenvalue weighted by molar-refractivity contribution is -0.128. The number of rotatable bonds is 3. The molecule has 1 heterocycles. The number of hydrogen-bond donors (Lipinski definition) is 0. The fraction of sp³-hybridized carbons (Fsp3) is 0.179. The Morgan fingerprint density at radius 2 is 1.45 bits per heavy atom. The molecule has 33 heavy (non-hydrogen) atoms. The van der Waals surface area contributed by atoms with Crippen LogP contribution >= 0.6 is 0 Å². The molecule has 0 spiro atoms. The van der Waals surface area contributed by atoms with Crippen LogP contribution in [0.2, 0.25) is 0 Å².